The number of nitrogens with one attached hydrogen (secondary N) is 1. The molecule has 3 aliphatic rings. The molecule has 0 bridgehead atoms. The number of hydrogen-bond acceptors (Lipinski definition) is 7. The van der Waals surface area contributed by atoms with Crippen LogP contribution in [0.3, 0.4) is 0 Å². The fourth-order valence-corrected chi connectivity index (χ4v) is 5.52. The number of amides is 3. The van der Waals surface area contributed by atoms with E-state index in [1.165, 1.54) is 27.8 Å². The van der Waals surface area contributed by atoms with Crippen LogP contribution < -0.4 is 14.8 Å². The van der Waals surface area contributed by atoms with Crippen molar-refractivity contribution >= 4 is 17.7 Å². The van der Waals surface area contributed by atoms with Crippen LogP contribution in [0, 0.1) is 0 Å². The molecule has 1 aromatic heterocycles. The average molecular weight is 570 g/mol. The second-order valence-corrected chi connectivity index (χ2v) is 10.3. The zero-order valence-electron chi connectivity index (χ0n) is 21.8. The van der Waals surface area contributed by atoms with E-state index >= 15 is 0 Å². The van der Waals surface area contributed by atoms with Gasteiger partial charge >= 0.3 is 6.36 Å². The first-order valence-corrected chi connectivity index (χ1v) is 13.2. The highest BCUT2D eigenvalue weighted by Crippen LogP contribution is 2.31. The molecule has 2 aromatic carbocycles. The van der Waals surface area contributed by atoms with E-state index in [9.17, 15) is 27.6 Å². The Bertz CT molecular complexity index is 1510. The Morgan fingerprint density at radius 1 is 1.05 bits per heavy atom. The molecule has 10 nitrogen and oxygen atoms in total. The first-order chi connectivity index (χ1) is 19.6. The highest BCUT2D eigenvalue weighted by atomic mass is 19.4. The van der Waals surface area contributed by atoms with Gasteiger partial charge in [-0.05, 0) is 48.7 Å². The van der Waals surface area contributed by atoms with Gasteiger partial charge in [0.05, 0.1) is 11.9 Å². The second kappa shape index (κ2) is 10.5. The topological polar surface area (TPSA) is 106 Å². The van der Waals surface area contributed by atoms with E-state index in [-0.39, 0.29) is 36.6 Å². The smallest absolute Gasteiger partial charge is 0.489 e. The minimum Gasteiger partial charge on any atom is -0.489 e. The minimum atomic E-state index is -4.77. The lowest BCUT2D eigenvalue weighted by Crippen LogP contribution is -2.52. The molecule has 1 unspecified atom stereocenters. The number of nitrogens with zero attached hydrogens (tertiary/aromatic N) is 4. The van der Waals surface area contributed by atoms with Gasteiger partial charge in [-0.3, -0.25) is 24.6 Å². The average Bonchev–Trinajstić information content (AvgIpc) is 3.63. The van der Waals surface area contributed by atoms with E-state index in [2.05, 4.69) is 20.1 Å². The molecule has 0 saturated carbocycles. The number of likely N-dealkylation sites (tertiary alicyclic amines) is 1. The molecule has 3 aromatic rings. The van der Waals surface area contributed by atoms with Crippen molar-refractivity contribution in [2.75, 3.05) is 13.1 Å². The Labute approximate surface area is 232 Å². The van der Waals surface area contributed by atoms with E-state index in [1.807, 2.05) is 6.07 Å². The summed E-state index contributed by atoms with van der Waals surface area (Å²) >= 11 is 0. The maximum Gasteiger partial charge on any atom is 0.573 e. The molecule has 1 N–H and O–H groups in total. The minimum absolute atomic E-state index is 0.0670. The highest BCUT2D eigenvalue weighted by Gasteiger charge is 2.39. The van der Waals surface area contributed by atoms with E-state index < -0.39 is 18.3 Å². The molecule has 6 rings (SSSR count). The Hall–Kier alpha value is -4.39. The summed E-state index contributed by atoms with van der Waals surface area (Å²) in [6.45, 7) is 2.33. The first kappa shape index (κ1) is 26.8. The van der Waals surface area contributed by atoms with E-state index in [1.54, 1.807) is 30.6 Å². The van der Waals surface area contributed by atoms with Gasteiger partial charge in [0.15, 0.2) is 0 Å². The third kappa shape index (κ3) is 5.89. The third-order valence-corrected chi connectivity index (χ3v) is 7.38. The Kier molecular flexibility index (Phi) is 6.89. The number of ether oxygens (including phenoxy) is 2. The Balaban J connectivity index is 1.04. The lowest BCUT2D eigenvalue weighted by atomic mass is 10.0. The molecule has 2 fully saturated rings. The maximum absolute atomic E-state index is 12.9. The standard InChI is InChI=1S/C28H26F3N5O5/c29-28(30,31)41-21-3-1-2-19(11-21)36-14-17(12-32-36)13-34-9-8-22(16-34)40-20-4-5-23-18(10-20)15-35(27(23)39)24-6-7-25(37)33-26(24)38/h1-5,10-12,14,22,24H,6-9,13,15-16H2,(H,33,37,38)/t22-,24?/m0/s1. The van der Waals surface area contributed by atoms with Gasteiger partial charge in [-0.1, -0.05) is 6.07 Å². The van der Waals surface area contributed by atoms with Crippen LogP contribution in [0.15, 0.2) is 54.9 Å². The number of piperidine rings is 1. The summed E-state index contributed by atoms with van der Waals surface area (Å²) < 4.78 is 49.4. The molecule has 3 aliphatic heterocycles. The SMILES string of the molecule is O=C1CCC(N2Cc3cc(O[C@H]4CCN(Cc5cnn(-c6cccc(OC(F)(F)F)c6)c5)C4)ccc3C2=O)C(=O)N1. The second-order valence-electron chi connectivity index (χ2n) is 10.3. The van der Waals surface area contributed by atoms with Crippen LogP contribution in [0.2, 0.25) is 0 Å². The molecule has 4 heterocycles. The van der Waals surface area contributed by atoms with Gasteiger partial charge in [-0.15, -0.1) is 13.2 Å². The van der Waals surface area contributed by atoms with Crippen molar-refractivity contribution in [3.05, 3.63) is 71.5 Å². The maximum atomic E-state index is 12.9. The number of halogens is 3. The van der Waals surface area contributed by atoms with Crippen molar-refractivity contribution in [2.45, 2.75) is 50.9 Å². The number of rotatable bonds is 7. The molecule has 0 spiro atoms. The van der Waals surface area contributed by atoms with E-state index in [0.29, 0.717) is 36.5 Å². The fraction of sp³-hybridized carbons (Fsp3) is 0.357. The number of fused-ring (bicyclic) bond motifs is 1. The summed E-state index contributed by atoms with van der Waals surface area (Å²) in [6.07, 6.45) is -0.0807. The molecule has 13 heteroatoms. The highest BCUT2D eigenvalue weighted by molar-refractivity contribution is 6.05. The number of imide groups is 1. The number of alkyl halides is 3. The monoisotopic (exact) mass is 569 g/mol. The van der Waals surface area contributed by atoms with Crippen LogP contribution in [0.4, 0.5) is 13.2 Å². The van der Waals surface area contributed by atoms with Gasteiger partial charge in [0.25, 0.3) is 5.91 Å². The zero-order valence-corrected chi connectivity index (χ0v) is 21.8. The summed E-state index contributed by atoms with van der Waals surface area (Å²) in [4.78, 5) is 40.4. The van der Waals surface area contributed by atoms with Crippen molar-refractivity contribution in [1.29, 1.82) is 0 Å². The first-order valence-electron chi connectivity index (χ1n) is 13.2. The largest absolute Gasteiger partial charge is 0.573 e. The zero-order chi connectivity index (χ0) is 28.7. The van der Waals surface area contributed by atoms with Crippen molar-refractivity contribution < 1.29 is 37.0 Å². The van der Waals surface area contributed by atoms with Crippen molar-refractivity contribution in [2.24, 2.45) is 0 Å². The fourth-order valence-electron chi connectivity index (χ4n) is 5.52. The Morgan fingerprint density at radius 2 is 1.90 bits per heavy atom. The van der Waals surface area contributed by atoms with Crippen molar-refractivity contribution in [1.82, 2.24) is 24.9 Å². The van der Waals surface area contributed by atoms with Crippen LogP contribution in [-0.4, -0.2) is 68.9 Å². The molecular weight excluding hydrogens is 543 g/mol. The van der Waals surface area contributed by atoms with Crippen LogP contribution in [0.1, 0.15) is 40.7 Å². The van der Waals surface area contributed by atoms with E-state index in [0.717, 1.165) is 24.1 Å². The predicted octanol–water partition coefficient (Wildman–Crippen LogP) is 3.19. The van der Waals surface area contributed by atoms with Crippen molar-refractivity contribution in [3.63, 3.8) is 0 Å². The number of benzene rings is 2. The van der Waals surface area contributed by atoms with Gasteiger partial charge in [-0.2, -0.15) is 5.10 Å². The number of aromatic nitrogens is 2. The summed E-state index contributed by atoms with van der Waals surface area (Å²) in [6, 6.07) is 10.3. The van der Waals surface area contributed by atoms with Gasteiger partial charge in [0.1, 0.15) is 23.6 Å². The lowest BCUT2D eigenvalue weighted by Gasteiger charge is -2.29. The Morgan fingerprint density at radius 3 is 2.71 bits per heavy atom. The lowest BCUT2D eigenvalue weighted by molar-refractivity contribution is -0.274. The summed E-state index contributed by atoms with van der Waals surface area (Å²) in [7, 11) is 0. The molecule has 214 valence electrons. The van der Waals surface area contributed by atoms with Gasteiger partial charge < -0.3 is 14.4 Å². The third-order valence-electron chi connectivity index (χ3n) is 7.38. The predicted molar refractivity (Wildman–Crippen MR) is 137 cm³/mol. The van der Waals surface area contributed by atoms with Gasteiger partial charge in [0.2, 0.25) is 11.8 Å². The molecular formula is C28H26F3N5O5. The van der Waals surface area contributed by atoms with Crippen LogP contribution in [0.25, 0.3) is 5.69 Å². The molecule has 0 aliphatic carbocycles. The van der Waals surface area contributed by atoms with Crippen LogP contribution in [-0.2, 0) is 22.7 Å². The van der Waals surface area contributed by atoms with Crippen molar-refractivity contribution in [3.8, 4) is 17.2 Å². The van der Waals surface area contributed by atoms with Gasteiger partial charge in [0, 0.05) is 56.0 Å². The summed E-state index contributed by atoms with van der Waals surface area (Å²) in [5.74, 6) is -0.670. The number of carbonyl (C=O) groups is 3. The number of hydrogen-bond donors (Lipinski definition) is 1. The van der Waals surface area contributed by atoms with Gasteiger partial charge in [-0.25, -0.2) is 4.68 Å². The van der Waals surface area contributed by atoms with Crippen LogP contribution >= 0.6 is 0 Å². The molecule has 41 heavy (non-hydrogen) atoms. The number of carbonyl (C=O) groups excluding carboxylic acids is 3. The summed E-state index contributed by atoms with van der Waals surface area (Å²) in [5, 5.41) is 6.59. The molecule has 2 atom stereocenters. The van der Waals surface area contributed by atoms with E-state index in [4.69, 9.17) is 4.74 Å². The normalized spacial score (nSPS) is 21.2. The molecule has 2 saturated heterocycles. The van der Waals surface area contributed by atoms with Crippen LogP contribution in [0.5, 0.6) is 11.5 Å². The quantitative estimate of drug-likeness (QED) is 0.436. The molecule has 3 amide bonds. The molecule has 0 radical (unpaired) electrons. The summed E-state index contributed by atoms with van der Waals surface area (Å²) in [5.41, 5.74) is 2.66.